The van der Waals surface area contributed by atoms with Crippen LogP contribution in [0.2, 0.25) is 0 Å². The molecule has 0 saturated carbocycles. The largest absolute Gasteiger partial charge is 0.316 e. The van der Waals surface area contributed by atoms with Gasteiger partial charge in [0.1, 0.15) is 0 Å². The molecule has 0 amide bonds. The van der Waals surface area contributed by atoms with Gasteiger partial charge in [-0.1, -0.05) is 6.92 Å². The summed E-state index contributed by atoms with van der Waals surface area (Å²) in [5.74, 6) is 1.66. The second-order valence-corrected chi connectivity index (χ2v) is 8.36. The topological polar surface area (TPSA) is 52.7 Å². The van der Waals surface area contributed by atoms with Crippen molar-refractivity contribution in [2.75, 3.05) is 32.7 Å². The van der Waals surface area contributed by atoms with Crippen molar-refractivity contribution in [1.82, 2.24) is 13.9 Å². The van der Waals surface area contributed by atoms with E-state index in [0.29, 0.717) is 37.4 Å². The van der Waals surface area contributed by atoms with Gasteiger partial charge in [0.25, 0.3) is 10.2 Å². The van der Waals surface area contributed by atoms with Gasteiger partial charge in [0.2, 0.25) is 0 Å². The third kappa shape index (κ3) is 2.33. The van der Waals surface area contributed by atoms with Crippen LogP contribution < -0.4 is 5.32 Å². The van der Waals surface area contributed by atoms with Crippen molar-refractivity contribution < 1.29 is 8.42 Å². The monoisotopic (exact) mass is 287 g/mol. The Morgan fingerprint density at radius 3 is 2.42 bits per heavy atom. The van der Waals surface area contributed by atoms with Crippen LogP contribution in [0.3, 0.4) is 0 Å². The Bertz CT molecular complexity index is 431. The summed E-state index contributed by atoms with van der Waals surface area (Å²) in [6.07, 6.45) is 1.99. The molecule has 3 saturated heterocycles. The molecule has 0 spiro atoms. The highest BCUT2D eigenvalue weighted by Gasteiger charge is 2.48. The van der Waals surface area contributed by atoms with Crippen molar-refractivity contribution in [3.8, 4) is 0 Å². The maximum Gasteiger partial charge on any atom is 0.282 e. The van der Waals surface area contributed by atoms with Crippen LogP contribution in [0, 0.1) is 17.8 Å². The highest BCUT2D eigenvalue weighted by Crippen LogP contribution is 2.35. The van der Waals surface area contributed by atoms with Gasteiger partial charge in [-0.05, 0) is 50.6 Å². The predicted octanol–water partition coefficient (Wildman–Crippen LogP) is 0.503. The van der Waals surface area contributed by atoms with Crippen molar-refractivity contribution in [3.05, 3.63) is 0 Å². The summed E-state index contributed by atoms with van der Waals surface area (Å²) in [5.41, 5.74) is 0. The summed E-state index contributed by atoms with van der Waals surface area (Å²) in [6.45, 7) is 8.31. The van der Waals surface area contributed by atoms with Crippen LogP contribution in [0.4, 0.5) is 0 Å². The minimum absolute atomic E-state index is 0.143. The third-order valence-corrected chi connectivity index (χ3v) is 7.34. The van der Waals surface area contributed by atoms with Crippen molar-refractivity contribution in [1.29, 1.82) is 0 Å². The molecule has 0 aromatic rings. The van der Waals surface area contributed by atoms with Crippen LogP contribution in [-0.4, -0.2) is 55.8 Å². The van der Waals surface area contributed by atoms with Gasteiger partial charge < -0.3 is 5.32 Å². The van der Waals surface area contributed by atoms with E-state index in [4.69, 9.17) is 0 Å². The molecule has 0 aliphatic carbocycles. The summed E-state index contributed by atoms with van der Waals surface area (Å²) in [4.78, 5) is 0. The molecule has 6 heteroatoms. The molecule has 3 atom stereocenters. The Morgan fingerprint density at radius 2 is 1.79 bits per heavy atom. The highest BCUT2D eigenvalue weighted by atomic mass is 32.2. The molecule has 0 aromatic heterocycles. The molecule has 19 heavy (non-hydrogen) atoms. The van der Waals surface area contributed by atoms with Gasteiger partial charge in [0, 0.05) is 25.7 Å². The minimum atomic E-state index is -3.24. The summed E-state index contributed by atoms with van der Waals surface area (Å²) in [6, 6.07) is 0.143. The molecule has 1 N–H and O–H groups in total. The highest BCUT2D eigenvalue weighted by molar-refractivity contribution is 7.86. The van der Waals surface area contributed by atoms with E-state index in [2.05, 4.69) is 19.2 Å². The van der Waals surface area contributed by atoms with E-state index in [1.54, 1.807) is 8.61 Å². The van der Waals surface area contributed by atoms with Gasteiger partial charge in [-0.2, -0.15) is 17.0 Å². The summed E-state index contributed by atoms with van der Waals surface area (Å²) in [7, 11) is -3.24. The normalized spacial score (nSPS) is 38.7. The molecule has 3 rings (SSSR count). The summed E-state index contributed by atoms with van der Waals surface area (Å²) in [5, 5.41) is 3.38. The van der Waals surface area contributed by atoms with Gasteiger partial charge in [-0.15, -0.1) is 0 Å². The lowest BCUT2D eigenvalue weighted by Crippen LogP contribution is -2.49. The van der Waals surface area contributed by atoms with E-state index in [9.17, 15) is 8.42 Å². The van der Waals surface area contributed by atoms with Crippen LogP contribution in [0.15, 0.2) is 0 Å². The van der Waals surface area contributed by atoms with Gasteiger partial charge in [0.05, 0.1) is 0 Å². The van der Waals surface area contributed by atoms with E-state index in [1.807, 2.05) is 0 Å². The zero-order valence-corrected chi connectivity index (χ0v) is 12.7. The molecule has 5 nitrogen and oxygen atoms in total. The molecule has 0 bridgehead atoms. The Morgan fingerprint density at radius 1 is 1.11 bits per heavy atom. The minimum Gasteiger partial charge on any atom is -0.316 e. The Balaban J connectivity index is 1.74. The first kappa shape index (κ1) is 13.8. The fraction of sp³-hybridized carbons (Fsp3) is 1.00. The van der Waals surface area contributed by atoms with Gasteiger partial charge in [0.15, 0.2) is 0 Å². The number of hydrogen-bond donors (Lipinski definition) is 1. The third-order valence-electron chi connectivity index (χ3n) is 5.25. The fourth-order valence-corrected chi connectivity index (χ4v) is 5.72. The number of rotatable bonds is 2. The lowest BCUT2D eigenvalue weighted by Gasteiger charge is -2.34. The zero-order chi connectivity index (χ0) is 13.6. The number of fused-ring (bicyclic) bond motifs is 1. The molecular formula is C13H25N3O2S. The molecule has 3 unspecified atom stereocenters. The number of hydrogen-bond acceptors (Lipinski definition) is 3. The first-order chi connectivity index (χ1) is 9.00. The van der Waals surface area contributed by atoms with E-state index >= 15 is 0 Å². The van der Waals surface area contributed by atoms with Crippen molar-refractivity contribution in [2.24, 2.45) is 17.8 Å². The smallest absolute Gasteiger partial charge is 0.282 e. The number of nitrogens with zero attached hydrogens (tertiary/aromatic N) is 2. The lowest BCUT2D eigenvalue weighted by molar-refractivity contribution is 0.256. The van der Waals surface area contributed by atoms with E-state index in [-0.39, 0.29) is 6.04 Å². The zero-order valence-electron chi connectivity index (χ0n) is 11.9. The summed E-state index contributed by atoms with van der Waals surface area (Å²) < 4.78 is 29.0. The van der Waals surface area contributed by atoms with Crippen LogP contribution in [0.1, 0.15) is 26.7 Å². The molecule has 3 heterocycles. The maximum absolute atomic E-state index is 12.8. The van der Waals surface area contributed by atoms with Gasteiger partial charge in [-0.25, -0.2) is 0 Å². The standard InChI is InChI=1S/C13H25N3O2S/c1-10-3-5-15(6-4-10)19(17,18)16-9-12-7-14-8-13(12)11(16)2/h10-14H,3-9H2,1-2H3. The average molecular weight is 287 g/mol. The second-order valence-electron chi connectivity index (χ2n) is 6.48. The summed E-state index contributed by atoms with van der Waals surface area (Å²) >= 11 is 0. The van der Waals surface area contributed by atoms with Crippen LogP contribution in [0.25, 0.3) is 0 Å². The number of piperidine rings is 1. The Hall–Kier alpha value is -0.170. The van der Waals surface area contributed by atoms with Crippen molar-refractivity contribution >= 4 is 10.2 Å². The number of nitrogens with one attached hydrogen (secondary N) is 1. The van der Waals surface area contributed by atoms with E-state index < -0.39 is 10.2 Å². The van der Waals surface area contributed by atoms with Crippen LogP contribution >= 0.6 is 0 Å². The molecule has 3 aliphatic heterocycles. The predicted molar refractivity (Wildman–Crippen MR) is 74.9 cm³/mol. The van der Waals surface area contributed by atoms with E-state index in [0.717, 1.165) is 25.9 Å². The van der Waals surface area contributed by atoms with Crippen LogP contribution in [-0.2, 0) is 10.2 Å². The van der Waals surface area contributed by atoms with Crippen LogP contribution in [0.5, 0.6) is 0 Å². The molecule has 3 aliphatic rings. The second kappa shape index (κ2) is 4.98. The fourth-order valence-electron chi connectivity index (χ4n) is 3.80. The first-order valence-electron chi connectivity index (χ1n) is 7.48. The van der Waals surface area contributed by atoms with E-state index in [1.165, 1.54) is 0 Å². The SMILES string of the molecule is CC1CCN(S(=O)(=O)N2CC3CNCC3C2C)CC1. The molecule has 0 aromatic carbocycles. The first-order valence-corrected chi connectivity index (χ1v) is 8.87. The van der Waals surface area contributed by atoms with Crippen molar-refractivity contribution in [3.63, 3.8) is 0 Å². The Kier molecular flexibility index (Phi) is 3.62. The molecule has 3 fully saturated rings. The molecular weight excluding hydrogens is 262 g/mol. The lowest BCUT2D eigenvalue weighted by atomic mass is 9.95. The Labute approximate surface area is 116 Å². The van der Waals surface area contributed by atoms with Gasteiger partial charge >= 0.3 is 0 Å². The average Bonchev–Trinajstić information content (AvgIpc) is 2.93. The van der Waals surface area contributed by atoms with Gasteiger partial charge in [-0.3, -0.25) is 0 Å². The molecule has 0 radical (unpaired) electrons. The maximum atomic E-state index is 12.8. The quantitative estimate of drug-likeness (QED) is 0.805. The van der Waals surface area contributed by atoms with Crippen molar-refractivity contribution in [2.45, 2.75) is 32.7 Å². The molecule has 110 valence electrons.